The van der Waals surface area contributed by atoms with Crippen molar-refractivity contribution in [2.75, 3.05) is 13.1 Å². The fraction of sp³-hybridized carbons (Fsp3) is 0.353. The molecule has 0 unspecified atom stereocenters. The summed E-state index contributed by atoms with van der Waals surface area (Å²) in [4.78, 5) is 14.2. The standard InChI is InChI=1S/C17H16F3NO2S/c18-17(19,20)23-15-3-1-13(2-4-15)16(22)21-8-5-12(6-9-21)14-7-10-24-11-14/h1-4,7,10-12H,5-6,8-9H2. The van der Waals surface area contributed by atoms with E-state index >= 15 is 0 Å². The van der Waals surface area contributed by atoms with Crippen LogP contribution in [0.3, 0.4) is 0 Å². The number of halogens is 3. The van der Waals surface area contributed by atoms with Crippen molar-refractivity contribution in [1.82, 2.24) is 4.90 Å². The Bertz CT molecular complexity index is 675. The zero-order valence-corrected chi connectivity index (χ0v) is 13.6. The summed E-state index contributed by atoms with van der Waals surface area (Å²) in [7, 11) is 0. The third kappa shape index (κ3) is 4.08. The molecule has 1 aliphatic rings. The number of hydrogen-bond donors (Lipinski definition) is 0. The van der Waals surface area contributed by atoms with Gasteiger partial charge < -0.3 is 9.64 Å². The fourth-order valence-electron chi connectivity index (χ4n) is 2.90. The normalized spacial score (nSPS) is 16.2. The maximum atomic E-state index is 12.5. The summed E-state index contributed by atoms with van der Waals surface area (Å²) in [6, 6.07) is 7.19. The first-order valence-electron chi connectivity index (χ1n) is 7.59. The number of rotatable bonds is 3. The van der Waals surface area contributed by atoms with Crippen LogP contribution in [0.2, 0.25) is 0 Å². The van der Waals surface area contributed by atoms with Gasteiger partial charge in [0, 0.05) is 18.7 Å². The van der Waals surface area contributed by atoms with Crippen molar-refractivity contribution in [3.63, 3.8) is 0 Å². The average Bonchev–Trinajstić information content (AvgIpc) is 3.08. The third-order valence-electron chi connectivity index (χ3n) is 4.13. The second-order valence-electron chi connectivity index (χ2n) is 5.70. The Hall–Kier alpha value is -2.02. The molecule has 1 aliphatic heterocycles. The summed E-state index contributed by atoms with van der Waals surface area (Å²) in [6.07, 6.45) is -2.93. The highest BCUT2D eigenvalue weighted by Gasteiger charge is 2.31. The van der Waals surface area contributed by atoms with Crippen LogP contribution >= 0.6 is 11.3 Å². The molecule has 1 saturated heterocycles. The number of nitrogens with zero attached hydrogens (tertiary/aromatic N) is 1. The van der Waals surface area contributed by atoms with Crippen LogP contribution in [0.15, 0.2) is 41.1 Å². The highest BCUT2D eigenvalue weighted by atomic mass is 32.1. The van der Waals surface area contributed by atoms with Gasteiger partial charge in [-0.3, -0.25) is 4.79 Å². The molecule has 0 N–H and O–H groups in total. The highest BCUT2D eigenvalue weighted by molar-refractivity contribution is 7.07. The van der Waals surface area contributed by atoms with Crippen LogP contribution in [-0.2, 0) is 0 Å². The van der Waals surface area contributed by atoms with Gasteiger partial charge in [-0.2, -0.15) is 11.3 Å². The molecule has 0 bridgehead atoms. The lowest BCUT2D eigenvalue weighted by Gasteiger charge is -2.32. The second kappa shape index (κ2) is 6.84. The van der Waals surface area contributed by atoms with Gasteiger partial charge in [-0.1, -0.05) is 0 Å². The van der Waals surface area contributed by atoms with E-state index in [-0.39, 0.29) is 11.7 Å². The lowest BCUT2D eigenvalue weighted by Crippen LogP contribution is -2.37. The molecule has 0 spiro atoms. The van der Waals surface area contributed by atoms with Crippen LogP contribution in [0.25, 0.3) is 0 Å². The minimum atomic E-state index is -4.73. The number of piperidine rings is 1. The Kier molecular flexibility index (Phi) is 4.80. The number of alkyl halides is 3. The van der Waals surface area contributed by atoms with E-state index in [2.05, 4.69) is 21.6 Å². The molecule has 1 amide bonds. The molecule has 0 aliphatic carbocycles. The van der Waals surface area contributed by atoms with Crippen LogP contribution < -0.4 is 4.74 Å². The summed E-state index contributed by atoms with van der Waals surface area (Å²) in [5, 5.41) is 4.19. The van der Waals surface area contributed by atoms with Crippen molar-refractivity contribution >= 4 is 17.2 Å². The fourth-order valence-corrected chi connectivity index (χ4v) is 3.65. The SMILES string of the molecule is O=C(c1ccc(OC(F)(F)F)cc1)N1CCC(c2ccsc2)CC1. The highest BCUT2D eigenvalue weighted by Crippen LogP contribution is 2.30. The van der Waals surface area contributed by atoms with Gasteiger partial charge in [0.05, 0.1) is 0 Å². The molecule has 2 heterocycles. The summed E-state index contributed by atoms with van der Waals surface area (Å²) >= 11 is 1.67. The first-order valence-corrected chi connectivity index (χ1v) is 8.54. The summed E-state index contributed by atoms with van der Waals surface area (Å²) in [6.45, 7) is 1.31. The van der Waals surface area contributed by atoms with Gasteiger partial charge in [-0.05, 0) is 65.4 Å². The van der Waals surface area contributed by atoms with Crippen molar-refractivity contribution in [3.8, 4) is 5.75 Å². The Morgan fingerprint density at radius 3 is 2.33 bits per heavy atom. The van der Waals surface area contributed by atoms with Gasteiger partial charge >= 0.3 is 6.36 Å². The Morgan fingerprint density at radius 2 is 1.79 bits per heavy atom. The van der Waals surface area contributed by atoms with Crippen molar-refractivity contribution in [2.24, 2.45) is 0 Å². The van der Waals surface area contributed by atoms with Gasteiger partial charge in [-0.15, -0.1) is 13.2 Å². The van der Waals surface area contributed by atoms with E-state index in [9.17, 15) is 18.0 Å². The average molecular weight is 355 g/mol. The zero-order chi connectivity index (χ0) is 17.2. The van der Waals surface area contributed by atoms with Gasteiger partial charge in [0.1, 0.15) is 5.75 Å². The number of amides is 1. The number of likely N-dealkylation sites (tertiary alicyclic amines) is 1. The lowest BCUT2D eigenvalue weighted by atomic mass is 9.91. The van der Waals surface area contributed by atoms with Crippen LogP contribution in [0.5, 0.6) is 5.75 Å². The monoisotopic (exact) mass is 355 g/mol. The first kappa shape index (κ1) is 16.8. The molecule has 0 radical (unpaired) electrons. The largest absolute Gasteiger partial charge is 0.573 e. The minimum Gasteiger partial charge on any atom is -0.406 e. The van der Waals surface area contributed by atoms with Gasteiger partial charge in [0.2, 0.25) is 0 Å². The summed E-state index contributed by atoms with van der Waals surface area (Å²) in [5.41, 5.74) is 1.69. The van der Waals surface area contributed by atoms with Crippen LogP contribution in [-0.4, -0.2) is 30.3 Å². The molecule has 3 nitrogen and oxygen atoms in total. The molecule has 128 valence electrons. The maximum Gasteiger partial charge on any atom is 0.573 e. The van der Waals surface area contributed by atoms with E-state index in [1.54, 1.807) is 16.2 Å². The molecule has 1 aromatic heterocycles. The van der Waals surface area contributed by atoms with E-state index in [1.165, 1.54) is 29.8 Å². The molecule has 0 saturated carbocycles. The third-order valence-corrected chi connectivity index (χ3v) is 4.83. The predicted octanol–water partition coefficient (Wildman–Crippen LogP) is 4.67. The molecule has 0 atom stereocenters. The van der Waals surface area contributed by atoms with Crippen LogP contribution in [0.1, 0.15) is 34.7 Å². The van der Waals surface area contributed by atoms with Gasteiger partial charge in [-0.25, -0.2) is 0 Å². The van der Waals surface area contributed by atoms with E-state index < -0.39 is 6.36 Å². The molecule has 3 rings (SSSR count). The first-order chi connectivity index (χ1) is 11.4. The van der Waals surface area contributed by atoms with Crippen LogP contribution in [0, 0.1) is 0 Å². The zero-order valence-electron chi connectivity index (χ0n) is 12.8. The topological polar surface area (TPSA) is 29.5 Å². The smallest absolute Gasteiger partial charge is 0.406 e. The molecular weight excluding hydrogens is 339 g/mol. The Morgan fingerprint density at radius 1 is 1.12 bits per heavy atom. The number of hydrogen-bond acceptors (Lipinski definition) is 3. The van der Waals surface area contributed by atoms with Crippen molar-refractivity contribution in [1.29, 1.82) is 0 Å². The molecular formula is C17H16F3NO2S. The number of carbonyl (C=O) groups is 1. The van der Waals surface area contributed by atoms with Crippen molar-refractivity contribution in [3.05, 3.63) is 52.2 Å². The number of benzene rings is 1. The van der Waals surface area contributed by atoms with Crippen LogP contribution in [0.4, 0.5) is 13.2 Å². The maximum absolute atomic E-state index is 12.5. The van der Waals surface area contributed by atoms with E-state index in [0.717, 1.165) is 12.8 Å². The quantitative estimate of drug-likeness (QED) is 0.801. The summed E-state index contributed by atoms with van der Waals surface area (Å²) in [5.74, 6) is -0.00425. The van der Waals surface area contributed by atoms with E-state index in [1.807, 2.05) is 0 Å². The predicted molar refractivity (Wildman–Crippen MR) is 85.3 cm³/mol. The number of thiophene rings is 1. The second-order valence-corrected chi connectivity index (χ2v) is 6.48. The Labute approximate surface area is 141 Å². The minimum absolute atomic E-state index is 0.155. The van der Waals surface area contributed by atoms with E-state index in [0.29, 0.717) is 24.6 Å². The van der Waals surface area contributed by atoms with Crippen molar-refractivity contribution < 1.29 is 22.7 Å². The molecule has 2 aromatic rings. The number of carbonyl (C=O) groups excluding carboxylic acids is 1. The molecule has 7 heteroatoms. The van der Waals surface area contributed by atoms with Gasteiger partial charge in [0.25, 0.3) is 5.91 Å². The molecule has 1 fully saturated rings. The van der Waals surface area contributed by atoms with Gasteiger partial charge in [0.15, 0.2) is 0 Å². The molecule has 1 aromatic carbocycles. The molecule has 24 heavy (non-hydrogen) atoms. The van der Waals surface area contributed by atoms with Crippen molar-refractivity contribution in [2.45, 2.75) is 25.1 Å². The van der Waals surface area contributed by atoms with E-state index in [4.69, 9.17) is 0 Å². The Balaban J connectivity index is 1.59. The lowest BCUT2D eigenvalue weighted by molar-refractivity contribution is -0.274. The summed E-state index contributed by atoms with van der Waals surface area (Å²) < 4.78 is 40.3. The number of ether oxygens (including phenoxy) is 1.